The number of ether oxygens (including phenoxy) is 1. The molecular weight excluding hydrogens is 344 g/mol. The number of benzene rings is 1. The van der Waals surface area contributed by atoms with E-state index in [4.69, 9.17) is 4.74 Å². The Balaban J connectivity index is 1.49. The normalized spacial score (nSPS) is 21.2. The highest BCUT2D eigenvalue weighted by Gasteiger charge is 2.32. The van der Waals surface area contributed by atoms with Crippen LogP contribution < -0.4 is 5.32 Å². The summed E-state index contributed by atoms with van der Waals surface area (Å²) in [6.07, 6.45) is 1.77. The van der Waals surface area contributed by atoms with Crippen molar-refractivity contribution < 1.29 is 14.3 Å². The first-order valence-corrected chi connectivity index (χ1v) is 9.67. The Morgan fingerprint density at radius 1 is 1.15 bits per heavy atom. The molecule has 1 aromatic carbocycles. The Morgan fingerprint density at radius 3 is 2.52 bits per heavy atom. The van der Waals surface area contributed by atoms with Gasteiger partial charge in [-0.05, 0) is 37.1 Å². The zero-order valence-corrected chi connectivity index (χ0v) is 16.3. The average molecular weight is 374 g/mol. The average Bonchev–Trinajstić information content (AvgIpc) is 3.11. The van der Waals surface area contributed by atoms with Gasteiger partial charge in [-0.3, -0.25) is 19.4 Å². The van der Waals surface area contributed by atoms with Gasteiger partial charge in [0.1, 0.15) is 0 Å². The van der Waals surface area contributed by atoms with E-state index in [9.17, 15) is 9.59 Å². The molecule has 1 unspecified atom stereocenters. The zero-order chi connectivity index (χ0) is 19.2. The van der Waals surface area contributed by atoms with E-state index in [1.165, 1.54) is 5.56 Å². The van der Waals surface area contributed by atoms with Crippen molar-refractivity contribution in [1.29, 1.82) is 0 Å². The number of carbonyl (C=O) groups is 2. The van der Waals surface area contributed by atoms with Gasteiger partial charge in [0.05, 0.1) is 25.8 Å². The monoisotopic (exact) mass is 374 g/mol. The number of nitrogens with one attached hydrogen (secondary N) is 1. The summed E-state index contributed by atoms with van der Waals surface area (Å²) in [5, 5.41) is 2.95. The lowest BCUT2D eigenvalue weighted by atomic mass is 10.2. The van der Waals surface area contributed by atoms with E-state index >= 15 is 0 Å². The first-order valence-electron chi connectivity index (χ1n) is 9.67. The smallest absolute Gasteiger partial charge is 0.239 e. The van der Waals surface area contributed by atoms with E-state index in [0.717, 1.165) is 57.9 Å². The van der Waals surface area contributed by atoms with Gasteiger partial charge in [0, 0.05) is 39.4 Å². The number of nitrogens with zero attached hydrogens (tertiary/aromatic N) is 3. The number of likely N-dealkylation sites (N-methyl/N-ethyl adjacent to an activating group) is 1. The third-order valence-electron chi connectivity index (χ3n) is 5.18. The molecule has 0 aromatic heterocycles. The predicted octanol–water partition coefficient (Wildman–Crippen LogP) is 1.01. The molecule has 2 aliphatic heterocycles. The summed E-state index contributed by atoms with van der Waals surface area (Å²) in [4.78, 5) is 30.6. The van der Waals surface area contributed by atoms with Gasteiger partial charge in [-0.2, -0.15) is 0 Å². The molecule has 7 heteroatoms. The Hall–Kier alpha value is -1.96. The van der Waals surface area contributed by atoms with Crippen LogP contribution in [0.4, 0.5) is 5.69 Å². The van der Waals surface area contributed by atoms with Crippen molar-refractivity contribution >= 4 is 17.5 Å². The molecule has 0 bridgehead atoms. The molecule has 2 heterocycles. The van der Waals surface area contributed by atoms with Crippen LogP contribution >= 0.6 is 0 Å². The van der Waals surface area contributed by atoms with E-state index in [-0.39, 0.29) is 24.4 Å². The number of hydrogen-bond acceptors (Lipinski definition) is 5. The fourth-order valence-electron chi connectivity index (χ4n) is 3.69. The standard InChI is InChI=1S/C20H30N4O3/c1-22(2)20(26)18-4-3-9-24(18)15-19(25)21-17-7-5-16(6-8-17)14-23-10-12-27-13-11-23/h5-8,18H,3-4,9-15H2,1-2H3,(H,21,25). The maximum atomic E-state index is 12.4. The van der Waals surface area contributed by atoms with E-state index in [1.54, 1.807) is 19.0 Å². The molecule has 2 aliphatic rings. The third-order valence-corrected chi connectivity index (χ3v) is 5.18. The van der Waals surface area contributed by atoms with Crippen LogP contribution in [0.3, 0.4) is 0 Å². The van der Waals surface area contributed by atoms with Gasteiger partial charge in [0.2, 0.25) is 11.8 Å². The highest BCUT2D eigenvalue weighted by Crippen LogP contribution is 2.19. The number of morpholine rings is 1. The van der Waals surface area contributed by atoms with Gasteiger partial charge in [-0.15, -0.1) is 0 Å². The lowest BCUT2D eigenvalue weighted by molar-refractivity contribution is -0.133. The van der Waals surface area contributed by atoms with Gasteiger partial charge in [0.25, 0.3) is 0 Å². The molecule has 27 heavy (non-hydrogen) atoms. The lowest BCUT2D eigenvalue weighted by Gasteiger charge is -2.26. The van der Waals surface area contributed by atoms with Crippen molar-refractivity contribution in [3.8, 4) is 0 Å². The predicted molar refractivity (Wildman–Crippen MR) is 104 cm³/mol. The van der Waals surface area contributed by atoms with E-state index < -0.39 is 0 Å². The molecule has 2 fully saturated rings. The second-order valence-electron chi connectivity index (χ2n) is 7.49. The van der Waals surface area contributed by atoms with Crippen LogP contribution in [0.25, 0.3) is 0 Å². The van der Waals surface area contributed by atoms with Crippen LogP contribution in [0.1, 0.15) is 18.4 Å². The molecule has 0 radical (unpaired) electrons. The van der Waals surface area contributed by atoms with Gasteiger partial charge in [-0.1, -0.05) is 12.1 Å². The molecule has 1 atom stereocenters. The molecule has 0 aliphatic carbocycles. The first-order chi connectivity index (χ1) is 13.0. The van der Waals surface area contributed by atoms with Gasteiger partial charge in [-0.25, -0.2) is 0 Å². The van der Waals surface area contributed by atoms with Crippen LogP contribution in [-0.2, 0) is 20.9 Å². The van der Waals surface area contributed by atoms with Crippen molar-refractivity contribution in [2.45, 2.75) is 25.4 Å². The number of anilines is 1. The summed E-state index contributed by atoms with van der Waals surface area (Å²) in [6, 6.07) is 7.82. The van der Waals surface area contributed by atoms with Gasteiger partial charge in [0.15, 0.2) is 0 Å². The van der Waals surface area contributed by atoms with Crippen molar-refractivity contribution in [3.63, 3.8) is 0 Å². The van der Waals surface area contributed by atoms with E-state index in [0.29, 0.717) is 0 Å². The SMILES string of the molecule is CN(C)C(=O)C1CCCN1CC(=O)Nc1ccc(CN2CCOCC2)cc1. The third kappa shape index (κ3) is 5.51. The molecule has 1 N–H and O–H groups in total. The molecule has 1 aromatic rings. The summed E-state index contributed by atoms with van der Waals surface area (Å²) in [7, 11) is 3.52. The minimum Gasteiger partial charge on any atom is -0.379 e. The van der Waals surface area contributed by atoms with Crippen LogP contribution in [-0.4, -0.2) is 86.0 Å². The molecule has 7 nitrogen and oxygen atoms in total. The first kappa shape index (κ1) is 19.8. The highest BCUT2D eigenvalue weighted by molar-refractivity contribution is 5.93. The van der Waals surface area contributed by atoms with Crippen LogP contribution in [0, 0.1) is 0 Å². The fraction of sp³-hybridized carbons (Fsp3) is 0.600. The minimum atomic E-state index is -0.179. The molecule has 2 amide bonds. The van der Waals surface area contributed by atoms with Crippen molar-refractivity contribution in [2.75, 3.05) is 58.8 Å². The number of carbonyl (C=O) groups excluding carboxylic acids is 2. The van der Waals surface area contributed by atoms with Crippen LogP contribution in [0.5, 0.6) is 0 Å². The Morgan fingerprint density at radius 2 is 1.85 bits per heavy atom. The lowest BCUT2D eigenvalue weighted by Crippen LogP contribution is -2.45. The summed E-state index contributed by atoms with van der Waals surface area (Å²) in [6.45, 7) is 5.45. The summed E-state index contributed by atoms with van der Waals surface area (Å²) < 4.78 is 5.37. The zero-order valence-electron chi connectivity index (χ0n) is 16.3. The number of amides is 2. The number of rotatable bonds is 6. The quantitative estimate of drug-likeness (QED) is 0.805. The van der Waals surface area contributed by atoms with Crippen LogP contribution in [0.15, 0.2) is 24.3 Å². The van der Waals surface area contributed by atoms with Crippen molar-refractivity contribution in [1.82, 2.24) is 14.7 Å². The highest BCUT2D eigenvalue weighted by atomic mass is 16.5. The summed E-state index contributed by atoms with van der Waals surface area (Å²) in [5.74, 6) is 0.00199. The van der Waals surface area contributed by atoms with E-state index in [2.05, 4.69) is 22.3 Å². The fourth-order valence-corrected chi connectivity index (χ4v) is 3.69. The number of likely N-dealkylation sites (tertiary alicyclic amines) is 1. The van der Waals surface area contributed by atoms with Crippen molar-refractivity contribution in [2.24, 2.45) is 0 Å². The maximum absolute atomic E-state index is 12.4. The molecular formula is C20H30N4O3. The topological polar surface area (TPSA) is 65.1 Å². The molecule has 0 saturated carbocycles. The molecule has 0 spiro atoms. The molecule has 3 rings (SSSR count). The Labute approximate surface area is 161 Å². The second-order valence-corrected chi connectivity index (χ2v) is 7.49. The second kappa shape index (κ2) is 9.30. The Bertz CT molecular complexity index is 641. The Kier molecular flexibility index (Phi) is 6.82. The molecule has 2 saturated heterocycles. The van der Waals surface area contributed by atoms with Gasteiger partial charge < -0.3 is 15.0 Å². The number of hydrogen-bond donors (Lipinski definition) is 1. The maximum Gasteiger partial charge on any atom is 0.239 e. The minimum absolute atomic E-state index is 0.0746. The van der Waals surface area contributed by atoms with Crippen LogP contribution in [0.2, 0.25) is 0 Å². The summed E-state index contributed by atoms with van der Waals surface area (Å²) in [5.41, 5.74) is 2.02. The van der Waals surface area contributed by atoms with Crippen molar-refractivity contribution in [3.05, 3.63) is 29.8 Å². The summed E-state index contributed by atoms with van der Waals surface area (Å²) >= 11 is 0. The van der Waals surface area contributed by atoms with Gasteiger partial charge >= 0.3 is 0 Å². The van der Waals surface area contributed by atoms with E-state index in [1.807, 2.05) is 17.0 Å². The largest absolute Gasteiger partial charge is 0.379 e. The molecule has 148 valence electrons.